The van der Waals surface area contributed by atoms with Crippen LogP contribution in [0.15, 0.2) is 18.3 Å². The van der Waals surface area contributed by atoms with Crippen molar-refractivity contribution in [2.24, 2.45) is 16.7 Å². The summed E-state index contributed by atoms with van der Waals surface area (Å²) in [5.41, 5.74) is -0.121. The lowest BCUT2D eigenvalue weighted by atomic mass is 9.78. The van der Waals surface area contributed by atoms with Crippen LogP contribution in [0.2, 0.25) is 0 Å². The Bertz CT molecular complexity index is 800. The number of likely N-dealkylation sites (tertiary alicyclic amines) is 1. The van der Waals surface area contributed by atoms with Crippen molar-refractivity contribution in [1.82, 2.24) is 20.5 Å². The van der Waals surface area contributed by atoms with Crippen molar-refractivity contribution in [3.63, 3.8) is 0 Å². The number of amides is 1. The van der Waals surface area contributed by atoms with Crippen molar-refractivity contribution in [2.45, 2.75) is 45.1 Å². The van der Waals surface area contributed by atoms with Gasteiger partial charge in [0.15, 0.2) is 0 Å². The maximum atomic E-state index is 11.7. The number of hydrogen-bond acceptors (Lipinski definition) is 6. The van der Waals surface area contributed by atoms with Crippen LogP contribution in [0.25, 0.3) is 0 Å². The molecule has 4 rings (SSSR count). The van der Waals surface area contributed by atoms with Crippen molar-refractivity contribution in [3.05, 3.63) is 24.0 Å². The van der Waals surface area contributed by atoms with E-state index in [0.29, 0.717) is 30.6 Å². The highest BCUT2D eigenvalue weighted by Crippen LogP contribution is 2.47. The lowest BCUT2D eigenvalue weighted by Crippen LogP contribution is -2.50. The molecule has 1 saturated heterocycles. The van der Waals surface area contributed by atoms with Crippen LogP contribution in [0.3, 0.4) is 0 Å². The third-order valence-corrected chi connectivity index (χ3v) is 7.34. The molecule has 8 heteroatoms. The van der Waals surface area contributed by atoms with Crippen LogP contribution in [0.1, 0.15) is 49.5 Å². The molecule has 31 heavy (non-hydrogen) atoms. The number of carbonyl (C=O) groups excluding carboxylic acids is 1. The maximum absolute atomic E-state index is 11.7. The Morgan fingerprint density at radius 2 is 1.97 bits per heavy atom. The lowest BCUT2D eigenvalue weighted by molar-refractivity contribution is -0.144. The van der Waals surface area contributed by atoms with Gasteiger partial charge in [-0.15, -0.1) is 0 Å². The van der Waals surface area contributed by atoms with Crippen molar-refractivity contribution >= 4 is 11.9 Å². The van der Waals surface area contributed by atoms with Gasteiger partial charge < -0.3 is 25.4 Å². The Balaban J connectivity index is 1.35. The molecule has 0 unspecified atom stereocenters. The normalized spacial score (nSPS) is 26.1. The van der Waals surface area contributed by atoms with Gasteiger partial charge in [-0.25, -0.2) is 4.98 Å². The molecule has 2 heterocycles. The number of carbonyl (C=O) groups is 2. The van der Waals surface area contributed by atoms with E-state index >= 15 is 0 Å². The number of pyridine rings is 1. The molecule has 0 radical (unpaired) electrons. The van der Waals surface area contributed by atoms with Crippen molar-refractivity contribution in [3.8, 4) is 5.75 Å². The number of ether oxygens (including phenoxy) is 1. The highest BCUT2D eigenvalue weighted by molar-refractivity contribution is 5.91. The summed E-state index contributed by atoms with van der Waals surface area (Å²) in [6, 6.07) is 4.07. The molecule has 1 aromatic rings. The number of nitrogens with zero attached hydrogens (tertiary/aromatic N) is 2. The van der Waals surface area contributed by atoms with Gasteiger partial charge in [-0.2, -0.15) is 0 Å². The molecule has 2 aliphatic carbocycles. The molecule has 8 nitrogen and oxygen atoms in total. The molecule has 2 saturated carbocycles. The van der Waals surface area contributed by atoms with Gasteiger partial charge in [-0.05, 0) is 63.2 Å². The average Bonchev–Trinajstić information content (AvgIpc) is 3.70. The summed E-state index contributed by atoms with van der Waals surface area (Å²) in [6.45, 7) is 6.22. The zero-order valence-corrected chi connectivity index (χ0v) is 18.5. The van der Waals surface area contributed by atoms with E-state index < -0.39 is 11.4 Å². The Labute approximate surface area is 183 Å². The summed E-state index contributed by atoms with van der Waals surface area (Å²) < 4.78 is 6.14. The van der Waals surface area contributed by atoms with Gasteiger partial charge in [-0.3, -0.25) is 9.59 Å². The zero-order valence-electron chi connectivity index (χ0n) is 18.5. The van der Waals surface area contributed by atoms with Crippen LogP contribution in [-0.2, 0) is 4.79 Å². The molecule has 170 valence electrons. The minimum absolute atomic E-state index is 0.0121. The number of hydrogen-bond donors (Lipinski definition) is 3. The van der Waals surface area contributed by atoms with E-state index in [1.165, 1.54) is 6.42 Å². The average molecular weight is 431 g/mol. The number of carboxylic acid groups (broad SMARTS) is 1. The third kappa shape index (κ3) is 5.18. The molecule has 3 aliphatic rings. The van der Waals surface area contributed by atoms with Gasteiger partial charge in [0, 0.05) is 31.6 Å². The fourth-order valence-corrected chi connectivity index (χ4v) is 4.49. The van der Waals surface area contributed by atoms with Crippen LogP contribution in [-0.4, -0.2) is 72.7 Å². The monoisotopic (exact) mass is 430 g/mol. The number of aliphatic carboxylic acids is 1. The van der Waals surface area contributed by atoms with Gasteiger partial charge in [0.05, 0.1) is 18.2 Å². The van der Waals surface area contributed by atoms with Crippen LogP contribution in [0, 0.1) is 16.7 Å². The first kappa shape index (κ1) is 22.0. The molecule has 0 bridgehead atoms. The van der Waals surface area contributed by atoms with Crippen molar-refractivity contribution in [2.75, 3.05) is 39.8 Å². The number of carboxylic acids is 1. The van der Waals surface area contributed by atoms with Gasteiger partial charge in [0.25, 0.3) is 5.91 Å². The summed E-state index contributed by atoms with van der Waals surface area (Å²) >= 11 is 0. The second-order valence-electron chi connectivity index (χ2n) is 9.81. The van der Waals surface area contributed by atoms with Crippen LogP contribution < -0.4 is 15.4 Å². The summed E-state index contributed by atoms with van der Waals surface area (Å²) in [5.74, 6) is 0.541. The van der Waals surface area contributed by atoms with E-state index in [-0.39, 0.29) is 11.3 Å². The standard InChI is InChI=1S/C23H34N4O4/c1-16-11-19(16)26-13-22(15-31-17-3-4-18(25-12-17)20(28)24-2)7-9-27(10-8-22)14-23(5-6-23)21(29)30/h3-4,12,16,19,26H,5-11,13-15H2,1-2H3,(H,24,28)(H,29,30)/t16-,19-/m1/s1. The predicted octanol–water partition coefficient (Wildman–Crippen LogP) is 1.76. The van der Waals surface area contributed by atoms with Crippen molar-refractivity contribution in [1.29, 1.82) is 0 Å². The number of piperidine rings is 1. The van der Waals surface area contributed by atoms with Gasteiger partial charge >= 0.3 is 5.97 Å². The number of aromatic nitrogens is 1. The topological polar surface area (TPSA) is 104 Å². The fourth-order valence-electron chi connectivity index (χ4n) is 4.49. The van der Waals surface area contributed by atoms with E-state index in [4.69, 9.17) is 4.74 Å². The minimum atomic E-state index is -0.648. The van der Waals surface area contributed by atoms with Gasteiger partial charge in [0.2, 0.25) is 0 Å². The molecule has 0 aromatic carbocycles. The van der Waals surface area contributed by atoms with Gasteiger partial charge in [-0.1, -0.05) is 6.92 Å². The summed E-state index contributed by atoms with van der Waals surface area (Å²) in [7, 11) is 1.58. The molecular weight excluding hydrogens is 396 g/mol. The van der Waals surface area contributed by atoms with E-state index in [2.05, 4.69) is 27.4 Å². The quantitative estimate of drug-likeness (QED) is 0.520. The van der Waals surface area contributed by atoms with Gasteiger partial charge in [0.1, 0.15) is 11.4 Å². The Morgan fingerprint density at radius 1 is 1.26 bits per heavy atom. The Hall–Kier alpha value is -2.19. The summed E-state index contributed by atoms with van der Waals surface area (Å²) in [6.07, 6.45) is 6.38. The molecule has 0 spiro atoms. The van der Waals surface area contributed by atoms with Crippen LogP contribution in [0.5, 0.6) is 5.75 Å². The fraction of sp³-hybridized carbons (Fsp3) is 0.696. The van der Waals surface area contributed by atoms with Crippen LogP contribution >= 0.6 is 0 Å². The smallest absolute Gasteiger partial charge is 0.310 e. The first-order chi connectivity index (χ1) is 14.8. The van der Waals surface area contributed by atoms with E-state index in [0.717, 1.165) is 51.2 Å². The van der Waals surface area contributed by atoms with E-state index in [9.17, 15) is 14.7 Å². The lowest BCUT2D eigenvalue weighted by Gasteiger charge is -2.42. The Morgan fingerprint density at radius 3 is 2.48 bits per heavy atom. The first-order valence-corrected chi connectivity index (χ1v) is 11.3. The molecule has 3 fully saturated rings. The van der Waals surface area contributed by atoms with E-state index in [1.807, 2.05) is 0 Å². The molecular formula is C23H34N4O4. The molecule has 2 atom stereocenters. The second kappa shape index (κ2) is 8.74. The second-order valence-corrected chi connectivity index (χ2v) is 9.81. The highest BCUT2D eigenvalue weighted by Gasteiger charge is 2.52. The molecule has 3 N–H and O–H groups in total. The minimum Gasteiger partial charge on any atom is -0.491 e. The highest BCUT2D eigenvalue weighted by atomic mass is 16.5. The molecule has 1 aromatic heterocycles. The van der Waals surface area contributed by atoms with E-state index in [1.54, 1.807) is 25.4 Å². The number of nitrogens with one attached hydrogen (secondary N) is 2. The summed E-state index contributed by atoms with van der Waals surface area (Å²) in [4.78, 5) is 29.7. The van der Waals surface area contributed by atoms with Crippen molar-refractivity contribution < 1.29 is 19.4 Å². The first-order valence-electron chi connectivity index (χ1n) is 11.3. The SMILES string of the molecule is CNC(=O)c1ccc(OCC2(CN[C@@H]3C[C@H]3C)CCN(CC3(C(=O)O)CC3)CC2)cn1. The molecule has 1 aliphatic heterocycles. The predicted molar refractivity (Wildman–Crippen MR) is 116 cm³/mol. The largest absolute Gasteiger partial charge is 0.491 e. The Kier molecular flexibility index (Phi) is 6.21. The molecule has 1 amide bonds. The summed E-state index contributed by atoms with van der Waals surface area (Å²) in [5, 5.41) is 15.8. The maximum Gasteiger partial charge on any atom is 0.310 e. The van der Waals surface area contributed by atoms with Crippen LogP contribution in [0.4, 0.5) is 0 Å². The zero-order chi connectivity index (χ0) is 22.1. The number of rotatable bonds is 10. The third-order valence-electron chi connectivity index (χ3n) is 7.34.